The van der Waals surface area contributed by atoms with Crippen molar-refractivity contribution in [3.05, 3.63) is 82.9 Å². The molecule has 0 bridgehead atoms. The van der Waals surface area contributed by atoms with Gasteiger partial charge in [0, 0.05) is 29.3 Å². The molecule has 38 heavy (non-hydrogen) atoms. The van der Waals surface area contributed by atoms with Crippen molar-refractivity contribution in [1.29, 1.82) is 0 Å². The number of rotatable bonds is 8. The number of amides is 1. The van der Waals surface area contributed by atoms with Gasteiger partial charge in [0.2, 0.25) is 0 Å². The Balaban J connectivity index is 1.64. The van der Waals surface area contributed by atoms with Gasteiger partial charge in [0.05, 0.1) is 17.8 Å². The Kier molecular flexibility index (Phi) is 7.06. The summed E-state index contributed by atoms with van der Waals surface area (Å²) in [6.07, 6.45) is 1.74. The number of carbonyl (C=O) groups is 1. The topological polar surface area (TPSA) is 126 Å². The Morgan fingerprint density at radius 1 is 1.16 bits per heavy atom. The van der Waals surface area contributed by atoms with E-state index in [9.17, 15) is 32.4 Å². The maximum Gasteiger partial charge on any atom is 0.488 e. The molecule has 0 spiro atoms. The zero-order valence-electron chi connectivity index (χ0n) is 20.1. The summed E-state index contributed by atoms with van der Waals surface area (Å²) >= 11 is -2.87. The summed E-state index contributed by atoms with van der Waals surface area (Å²) in [6, 6.07) is 12.2. The standard InChI is InChI=1S/C26H23BF2N2O6S/c1-30-26(32)24-20-12-19(14-2-3-14)16(10-23(20)37-25(24)15-4-7-18(28)8-5-15)13-31(38(35)36)22-9-6-17(27(33)34)11-21(22)29/h4-12,14,33-34H,2-3,13H2,1H3,(H,30,32)(H,35,36)/p-1. The molecule has 1 saturated carbocycles. The van der Waals surface area contributed by atoms with Gasteiger partial charge >= 0.3 is 7.12 Å². The molecule has 1 fully saturated rings. The second kappa shape index (κ2) is 10.3. The van der Waals surface area contributed by atoms with Gasteiger partial charge in [-0.1, -0.05) is 6.07 Å². The number of nitrogens with zero attached hydrogens (tertiary/aromatic N) is 1. The largest absolute Gasteiger partial charge is 0.755 e. The molecule has 1 aliphatic rings. The monoisotopic (exact) mass is 539 g/mol. The molecule has 4 aromatic rings. The van der Waals surface area contributed by atoms with E-state index in [1.165, 1.54) is 43.4 Å². The summed E-state index contributed by atoms with van der Waals surface area (Å²) in [5.74, 6) is -1.40. The van der Waals surface area contributed by atoms with Crippen LogP contribution in [0.15, 0.2) is 59.0 Å². The zero-order chi connectivity index (χ0) is 27.1. The van der Waals surface area contributed by atoms with Crippen molar-refractivity contribution < 1.29 is 36.8 Å². The van der Waals surface area contributed by atoms with Crippen molar-refractivity contribution in [3.8, 4) is 11.3 Å². The molecule has 8 nitrogen and oxygen atoms in total. The van der Waals surface area contributed by atoms with Crippen LogP contribution in [-0.4, -0.2) is 38.9 Å². The van der Waals surface area contributed by atoms with E-state index in [0.717, 1.165) is 28.8 Å². The highest BCUT2D eigenvalue weighted by Crippen LogP contribution is 2.45. The van der Waals surface area contributed by atoms with Crippen LogP contribution < -0.4 is 15.1 Å². The minimum Gasteiger partial charge on any atom is -0.755 e. The first-order valence-electron chi connectivity index (χ1n) is 11.8. The first kappa shape index (κ1) is 26.0. The highest BCUT2D eigenvalue weighted by Gasteiger charge is 2.30. The van der Waals surface area contributed by atoms with Crippen LogP contribution in [0.25, 0.3) is 22.3 Å². The van der Waals surface area contributed by atoms with Gasteiger partial charge in [-0.25, -0.2) is 8.78 Å². The van der Waals surface area contributed by atoms with Gasteiger partial charge in [-0.2, -0.15) is 0 Å². The van der Waals surface area contributed by atoms with Crippen molar-refractivity contribution in [2.75, 3.05) is 11.4 Å². The minimum atomic E-state index is -2.87. The van der Waals surface area contributed by atoms with Crippen LogP contribution in [0.3, 0.4) is 0 Å². The molecule has 12 heteroatoms. The van der Waals surface area contributed by atoms with E-state index in [0.29, 0.717) is 22.1 Å². The van der Waals surface area contributed by atoms with E-state index in [1.54, 1.807) is 12.1 Å². The van der Waals surface area contributed by atoms with Crippen LogP contribution in [0.2, 0.25) is 0 Å². The van der Waals surface area contributed by atoms with Crippen LogP contribution in [0.4, 0.5) is 14.5 Å². The third kappa shape index (κ3) is 4.95. The number of nitrogens with one attached hydrogen (secondary N) is 1. The molecule has 1 amide bonds. The fraction of sp³-hybridized carbons (Fsp3) is 0.192. The van der Waals surface area contributed by atoms with Crippen LogP contribution in [0.5, 0.6) is 0 Å². The predicted molar refractivity (Wildman–Crippen MR) is 138 cm³/mol. The van der Waals surface area contributed by atoms with Crippen molar-refractivity contribution in [2.45, 2.75) is 25.3 Å². The highest BCUT2D eigenvalue weighted by molar-refractivity contribution is 7.80. The molecule has 1 atom stereocenters. The first-order chi connectivity index (χ1) is 18.2. The normalized spacial score (nSPS) is 13.9. The van der Waals surface area contributed by atoms with Gasteiger partial charge in [0.1, 0.15) is 23.0 Å². The van der Waals surface area contributed by atoms with E-state index >= 15 is 0 Å². The smallest absolute Gasteiger partial charge is 0.488 e. The lowest BCUT2D eigenvalue weighted by Crippen LogP contribution is -2.32. The number of hydrogen-bond acceptors (Lipinski definition) is 6. The Hall–Kier alpha value is -3.58. The number of fused-ring (bicyclic) bond motifs is 1. The van der Waals surface area contributed by atoms with Gasteiger partial charge in [0.25, 0.3) is 5.91 Å². The van der Waals surface area contributed by atoms with Crippen molar-refractivity contribution in [1.82, 2.24) is 5.32 Å². The Morgan fingerprint density at radius 2 is 1.87 bits per heavy atom. The highest BCUT2D eigenvalue weighted by atomic mass is 32.2. The van der Waals surface area contributed by atoms with Gasteiger partial charge in [-0.05, 0) is 83.9 Å². The second-order valence-corrected chi connectivity index (χ2v) is 9.93. The molecule has 0 radical (unpaired) electrons. The molecule has 0 aliphatic heterocycles. The van der Waals surface area contributed by atoms with Gasteiger partial charge in [-0.15, -0.1) is 0 Å². The number of furan rings is 1. The Bertz CT molecular complexity index is 1560. The van der Waals surface area contributed by atoms with E-state index in [4.69, 9.17) is 4.42 Å². The van der Waals surface area contributed by atoms with Crippen molar-refractivity contribution in [2.24, 2.45) is 0 Å². The second-order valence-electron chi connectivity index (χ2n) is 9.05. The van der Waals surface area contributed by atoms with Crippen LogP contribution >= 0.6 is 0 Å². The molecule has 3 N–H and O–H groups in total. The van der Waals surface area contributed by atoms with Crippen molar-refractivity contribution >= 4 is 46.4 Å². The molecule has 0 saturated heterocycles. The summed E-state index contributed by atoms with van der Waals surface area (Å²) < 4.78 is 59.6. The SMILES string of the molecule is CNC(=O)c1c(-c2ccc(F)cc2)oc2cc(CN(c3ccc(B(O)O)cc3F)S(=O)[O-])c(C3CC3)cc12. The molecule has 1 aliphatic carbocycles. The van der Waals surface area contributed by atoms with E-state index in [2.05, 4.69) is 5.32 Å². The summed E-state index contributed by atoms with van der Waals surface area (Å²) in [7, 11) is -0.416. The predicted octanol–water partition coefficient (Wildman–Crippen LogP) is 3.10. The van der Waals surface area contributed by atoms with Gasteiger partial charge in [0.15, 0.2) is 0 Å². The quantitative estimate of drug-likeness (QED) is 0.234. The number of anilines is 1. The molecule has 196 valence electrons. The van der Waals surface area contributed by atoms with Crippen LogP contribution in [0.1, 0.15) is 40.2 Å². The van der Waals surface area contributed by atoms with Gasteiger partial charge in [-0.3, -0.25) is 13.3 Å². The molecule has 3 aromatic carbocycles. The molecule has 1 heterocycles. The molecular formula is C26H22BF2N2O6S-. The lowest BCUT2D eigenvalue weighted by Gasteiger charge is -2.28. The Morgan fingerprint density at radius 3 is 2.45 bits per heavy atom. The molecule has 1 unspecified atom stereocenters. The maximum atomic E-state index is 14.8. The molecule has 5 rings (SSSR count). The number of benzene rings is 3. The summed E-state index contributed by atoms with van der Waals surface area (Å²) in [5.41, 5.74) is 2.08. The van der Waals surface area contributed by atoms with E-state index in [1.807, 2.05) is 0 Å². The number of carbonyl (C=O) groups excluding carboxylic acids is 1. The summed E-state index contributed by atoms with van der Waals surface area (Å²) in [4.78, 5) is 12.9. The number of halogens is 2. The summed E-state index contributed by atoms with van der Waals surface area (Å²) in [5, 5.41) is 21.7. The third-order valence-corrected chi connectivity index (χ3v) is 7.25. The lowest BCUT2D eigenvalue weighted by atomic mass is 9.80. The maximum absolute atomic E-state index is 14.8. The molecular weight excluding hydrogens is 517 g/mol. The van der Waals surface area contributed by atoms with E-state index in [-0.39, 0.29) is 34.9 Å². The minimum absolute atomic E-state index is 0.117. The molecule has 1 aromatic heterocycles. The van der Waals surface area contributed by atoms with Crippen LogP contribution in [0, 0.1) is 11.6 Å². The fourth-order valence-corrected chi connectivity index (χ4v) is 5.08. The third-order valence-electron chi connectivity index (χ3n) is 6.56. The number of hydrogen-bond donors (Lipinski definition) is 3. The lowest BCUT2D eigenvalue weighted by molar-refractivity contribution is 0.0964. The average molecular weight is 539 g/mol. The first-order valence-corrected chi connectivity index (χ1v) is 12.8. The fourth-order valence-electron chi connectivity index (χ4n) is 4.53. The zero-order valence-corrected chi connectivity index (χ0v) is 20.9. The van der Waals surface area contributed by atoms with Gasteiger partial charge < -0.3 is 24.3 Å². The van der Waals surface area contributed by atoms with Crippen LogP contribution in [-0.2, 0) is 17.8 Å². The van der Waals surface area contributed by atoms with Crippen molar-refractivity contribution in [3.63, 3.8) is 0 Å². The average Bonchev–Trinajstić information content (AvgIpc) is 3.67. The summed E-state index contributed by atoms with van der Waals surface area (Å²) in [6.45, 7) is -0.224. The Labute approximate surface area is 219 Å². The van der Waals surface area contributed by atoms with E-state index < -0.39 is 35.9 Å².